The third kappa shape index (κ3) is 7.17. The van der Waals surface area contributed by atoms with E-state index in [2.05, 4.69) is 31.3 Å². The van der Waals surface area contributed by atoms with Crippen LogP contribution in [0.15, 0.2) is 24.3 Å². The summed E-state index contributed by atoms with van der Waals surface area (Å²) in [5.41, 5.74) is 1.64. The van der Waals surface area contributed by atoms with E-state index in [1.807, 2.05) is 12.1 Å². The lowest BCUT2D eigenvalue weighted by atomic mass is 9.99. The maximum Gasteiger partial charge on any atom is 0.408 e. The van der Waals surface area contributed by atoms with Gasteiger partial charge in [0.05, 0.1) is 0 Å². The van der Waals surface area contributed by atoms with Gasteiger partial charge >= 0.3 is 12.1 Å². The molecule has 1 rings (SSSR count). The molecule has 0 saturated heterocycles. The van der Waals surface area contributed by atoms with E-state index in [-0.39, 0.29) is 0 Å². The van der Waals surface area contributed by atoms with Crippen molar-refractivity contribution < 1.29 is 19.4 Å². The van der Waals surface area contributed by atoms with Gasteiger partial charge in [-0.05, 0) is 50.7 Å². The highest BCUT2D eigenvalue weighted by molar-refractivity contribution is 5.80. The van der Waals surface area contributed by atoms with Gasteiger partial charge in [-0.2, -0.15) is 0 Å². The molecule has 0 radical (unpaired) electrons. The molecule has 0 aliphatic carbocycles. The lowest BCUT2D eigenvalue weighted by Gasteiger charge is -2.22. The molecule has 128 valence electrons. The van der Waals surface area contributed by atoms with Gasteiger partial charge in [0, 0.05) is 0 Å². The minimum absolute atomic E-state index is 0.315. The van der Waals surface area contributed by atoms with Crippen LogP contribution in [-0.2, 0) is 16.0 Å². The Labute approximate surface area is 138 Å². The first-order chi connectivity index (χ1) is 10.6. The fourth-order valence-corrected chi connectivity index (χ4v) is 2.09. The minimum Gasteiger partial charge on any atom is -0.480 e. The van der Waals surface area contributed by atoms with Crippen molar-refractivity contribution in [1.82, 2.24) is 5.32 Å². The summed E-state index contributed by atoms with van der Waals surface area (Å²) in [6.07, 6.45) is 0.181. The van der Waals surface area contributed by atoms with Gasteiger partial charge in [0.15, 0.2) is 0 Å². The third-order valence-corrected chi connectivity index (χ3v) is 3.36. The molecule has 1 atom stereocenters. The zero-order valence-corrected chi connectivity index (χ0v) is 14.6. The number of carbonyl (C=O) groups is 2. The quantitative estimate of drug-likeness (QED) is 0.837. The predicted molar refractivity (Wildman–Crippen MR) is 89.6 cm³/mol. The Kier molecular flexibility index (Phi) is 6.61. The Morgan fingerprint density at radius 2 is 1.74 bits per heavy atom. The maximum absolute atomic E-state index is 11.7. The number of hydrogen-bond acceptors (Lipinski definition) is 3. The van der Waals surface area contributed by atoms with Crippen molar-refractivity contribution in [1.29, 1.82) is 0 Å². The average Bonchev–Trinajstić information content (AvgIpc) is 2.41. The SMILES string of the molecule is CC(C)c1ccc(CCC(NC(=O)OC(C)(C)C)C(=O)O)cc1. The Bertz CT molecular complexity index is 529. The summed E-state index contributed by atoms with van der Waals surface area (Å²) in [6.45, 7) is 9.45. The number of nitrogens with one attached hydrogen (secondary N) is 1. The van der Waals surface area contributed by atoms with Crippen LogP contribution in [0.1, 0.15) is 58.1 Å². The Balaban J connectivity index is 2.59. The molecular weight excluding hydrogens is 294 g/mol. The van der Waals surface area contributed by atoms with E-state index in [4.69, 9.17) is 4.74 Å². The van der Waals surface area contributed by atoms with Gasteiger partial charge in [0.1, 0.15) is 11.6 Å². The van der Waals surface area contributed by atoms with E-state index in [0.29, 0.717) is 18.8 Å². The fourth-order valence-electron chi connectivity index (χ4n) is 2.09. The highest BCUT2D eigenvalue weighted by atomic mass is 16.6. The van der Waals surface area contributed by atoms with E-state index in [1.54, 1.807) is 20.8 Å². The smallest absolute Gasteiger partial charge is 0.408 e. The molecule has 1 aromatic rings. The van der Waals surface area contributed by atoms with Gasteiger partial charge in [-0.15, -0.1) is 0 Å². The van der Waals surface area contributed by atoms with Gasteiger partial charge in [-0.3, -0.25) is 0 Å². The molecule has 5 heteroatoms. The van der Waals surface area contributed by atoms with Gasteiger partial charge in [-0.1, -0.05) is 38.1 Å². The Hall–Kier alpha value is -2.04. The molecule has 0 fully saturated rings. The standard InChI is InChI=1S/C18H27NO4/c1-12(2)14-9-6-13(7-10-14)8-11-15(16(20)21)19-17(22)23-18(3,4)5/h6-7,9-10,12,15H,8,11H2,1-5H3,(H,19,22)(H,20,21). The maximum atomic E-state index is 11.7. The highest BCUT2D eigenvalue weighted by Gasteiger charge is 2.23. The van der Waals surface area contributed by atoms with E-state index >= 15 is 0 Å². The molecule has 5 nitrogen and oxygen atoms in total. The van der Waals surface area contributed by atoms with Crippen molar-refractivity contribution in [2.24, 2.45) is 0 Å². The summed E-state index contributed by atoms with van der Waals surface area (Å²) in [4.78, 5) is 23.0. The van der Waals surface area contributed by atoms with E-state index < -0.39 is 23.7 Å². The topological polar surface area (TPSA) is 75.6 Å². The van der Waals surface area contributed by atoms with Gasteiger partial charge < -0.3 is 15.2 Å². The molecule has 0 saturated carbocycles. The summed E-state index contributed by atoms with van der Waals surface area (Å²) in [6, 6.07) is 7.15. The normalized spacial score (nSPS) is 12.8. The lowest BCUT2D eigenvalue weighted by molar-refractivity contribution is -0.139. The molecule has 1 amide bonds. The number of benzene rings is 1. The summed E-state index contributed by atoms with van der Waals surface area (Å²) >= 11 is 0. The average molecular weight is 321 g/mol. The third-order valence-electron chi connectivity index (χ3n) is 3.36. The first-order valence-electron chi connectivity index (χ1n) is 7.89. The monoisotopic (exact) mass is 321 g/mol. The fraction of sp³-hybridized carbons (Fsp3) is 0.556. The number of rotatable bonds is 6. The number of carboxylic acids is 1. The first-order valence-corrected chi connectivity index (χ1v) is 7.89. The zero-order chi connectivity index (χ0) is 17.6. The molecule has 0 aliphatic rings. The molecule has 0 heterocycles. The molecule has 2 N–H and O–H groups in total. The van der Waals surface area contributed by atoms with Crippen LogP contribution in [0.3, 0.4) is 0 Å². The van der Waals surface area contributed by atoms with Crippen LogP contribution in [-0.4, -0.2) is 28.8 Å². The van der Waals surface area contributed by atoms with Crippen molar-refractivity contribution in [3.05, 3.63) is 35.4 Å². The minimum atomic E-state index is -1.06. The predicted octanol–water partition coefficient (Wildman–Crippen LogP) is 3.72. The van der Waals surface area contributed by atoms with Crippen molar-refractivity contribution in [3.8, 4) is 0 Å². The number of ether oxygens (including phenoxy) is 1. The van der Waals surface area contributed by atoms with Crippen LogP contribution >= 0.6 is 0 Å². The molecule has 23 heavy (non-hydrogen) atoms. The second-order valence-corrected chi connectivity index (χ2v) is 6.97. The number of carbonyl (C=O) groups excluding carboxylic acids is 1. The van der Waals surface area contributed by atoms with Crippen LogP contribution in [0.5, 0.6) is 0 Å². The largest absolute Gasteiger partial charge is 0.480 e. The molecule has 0 aromatic heterocycles. The van der Waals surface area contributed by atoms with Crippen molar-refractivity contribution in [3.63, 3.8) is 0 Å². The van der Waals surface area contributed by atoms with E-state index in [1.165, 1.54) is 5.56 Å². The molecule has 0 aliphatic heterocycles. The first kappa shape index (κ1) is 19.0. The van der Waals surface area contributed by atoms with Gasteiger partial charge in [0.2, 0.25) is 0 Å². The molecular formula is C18H27NO4. The summed E-state index contributed by atoms with van der Waals surface area (Å²) in [5, 5.41) is 11.7. The van der Waals surface area contributed by atoms with Crippen molar-refractivity contribution in [2.75, 3.05) is 0 Å². The van der Waals surface area contributed by atoms with Crippen LogP contribution in [0.2, 0.25) is 0 Å². The van der Waals surface area contributed by atoms with Crippen LogP contribution in [0.4, 0.5) is 4.79 Å². The molecule has 0 spiro atoms. The van der Waals surface area contributed by atoms with Crippen LogP contribution in [0.25, 0.3) is 0 Å². The number of carboxylic acid groups (broad SMARTS) is 1. The number of aliphatic carboxylic acids is 1. The zero-order valence-electron chi connectivity index (χ0n) is 14.6. The number of alkyl carbamates (subject to hydrolysis) is 1. The van der Waals surface area contributed by atoms with E-state index in [9.17, 15) is 14.7 Å². The Morgan fingerprint density at radius 1 is 1.17 bits per heavy atom. The second-order valence-electron chi connectivity index (χ2n) is 6.97. The molecule has 1 unspecified atom stereocenters. The summed E-state index contributed by atoms with van der Waals surface area (Å²) < 4.78 is 5.10. The van der Waals surface area contributed by atoms with Crippen molar-refractivity contribution >= 4 is 12.1 Å². The molecule has 1 aromatic carbocycles. The second kappa shape index (κ2) is 7.99. The summed E-state index contributed by atoms with van der Waals surface area (Å²) in [7, 11) is 0. The highest BCUT2D eigenvalue weighted by Crippen LogP contribution is 2.16. The van der Waals surface area contributed by atoms with Crippen LogP contribution in [0, 0.1) is 0 Å². The lowest BCUT2D eigenvalue weighted by Crippen LogP contribution is -2.43. The number of aryl methyl sites for hydroxylation is 1. The molecule has 0 bridgehead atoms. The van der Waals surface area contributed by atoms with Crippen molar-refractivity contribution in [2.45, 2.75) is 65.0 Å². The number of amides is 1. The van der Waals surface area contributed by atoms with Gasteiger partial charge in [0.25, 0.3) is 0 Å². The summed E-state index contributed by atoms with van der Waals surface area (Å²) in [5.74, 6) is -0.598. The number of hydrogen-bond donors (Lipinski definition) is 2. The van der Waals surface area contributed by atoms with Crippen LogP contribution < -0.4 is 5.32 Å². The van der Waals surface area contributed by atoms with Gasteiger partial charge in [-0.25, -0.2) is 9.59 Å². The van der Waals surface area contributed by atoms with E-state index in [0.717, 1.165) is 5.56 Å². The Morgan fingerprint density at radius 3 is 2.17 bits per heavy atom.